The van der Waals surface area contributed by atoms with Gasteiger partial charge in [-0.1, -0.05) is 52.0 Å². The number of hydrogen-bond donors (Lipinski definition) is 3. The maximum Gasteiger partial charge on any atom is 0.460 e. The largest absolute Gasteiger partial charge is 0.497 e. The van der Waals surface area contributed by atoms with E-state index in [-0.39, 0.29) is 12.2 Å². The van der Waals surface area contributed by atoms with Gasteiger partial charge in [0.25, 0.3) is 5.91 Å². The molecule has 0 fully saturated rings. The Kier molecular flexibility index (Phi) is 18.9. The van der Waals surface area contributed by atoms with Crippen molar-refractivity contribution in [2.24, 2.45) is 0 Å². The molecule has 0 heterocycles. The number of hydrogen-bond acceptors (Lipinski definition) is 7. The molecule has 2 aromatic carbocycles. The van der Waals surface area contributed by atoms with Crippen molar-refractivity contribution in [2.45, 2.75) is 118 Å². The second-order valence-electron chi connectivity index (χ2n) is 15.4. The molecule has 67 heavy (non-hydrogen) atoms. The van der Waals surface area contributed by atoms with Crippen LogP contribution < -0.4 is 20.3 Å². The second-order valence-corrected chi connectivity index (χ2v) is 20.4. The average molecular weight is 1020 g/mol. The summed E-state index contributed by atoms with van der Waals surface area (Å²) in [5, 5.41) is 11.3. The van der Waals surface area contributed by atoms with Crippen LogP contribution in [0.25, 0.3) is 0 Å². The fourth-order valence-corrected chi connectivity index (χ4v) is 10.9. The lowest BCUT2D eigenvalue weighted by Gasteiger charge is -2.44. The Morgan fingerprint density at radius 3 is 1.63 bits per heavy atom. The maximum atomic E-state index is 15.0. The number of hydroxylamine groups is 1. The van der Waals surface area contributed by atoms with Gasteiger partial charge in [-0.25, -0.2) is 10.3 Å². The predicted molar refractivity (Wildman–Crippen MR) is 207 cm³/mol. The van der Waals surface area contributed by atoms with E-state index in [0.717, 1.165) is 6.08 Å². The SMILES string of the molecule is COc1ccc(NC(=O)O[C@@H](C/C=C/C(C)=C/C(=O)NO)c2ccc(OCCO[Si](CCC(F)(F)C(F)(F)C(F)(F)C(F)(F)C(F)(F)C(F)(F)C(F)(F)C(F)(F)F)(C(C)C)C(C)C)cc2)cc1. The summed E-state index contributed by atoms with van der Waals surface area (Å²) >= 11 is 0. The monoisotopic (exact) mass is 1020 g/mol. The number of nitrogens with one attached hydrogen (secondary N) is 2. The van der Waals surface area contributed by atoms with E-state index in [2.05, 4.69) is 5.32 Å². The van der Waals surface area contributed by atoms with Gasteiger partial charge in [0, 0.05) is 24.6 Å². The van der Waals surface area contributed by atoms with Crippen LogP contribution in [0.2, 0.25) is 17.1 Å². The number of amides is 2. The highest BCUT2D eigenvalue weighted by Crippen LogP contribution is 2.64. The molecule has 380 valence electrons. The Hall–Kier alpha value is -4.79. The summed E-state index contributed by atoms with van der Waals surface area (Å²) in [6, 6.07) is 10.5. The summed E-state index contributed by atoms with van der Waals surface area (Å²) in [7, 11) is -2.59. The van der Waals surface area contributed by atoms with Crippen molar-refractivity contribution in [1.82, 2.24) is 5.48 Å². The van der Waals surface area contributed by atoms with Gasteiger partial charge in [-0.15, -0.1) is 0 Å². The molecule has 0 radical (unpaired) electrons. The molecule has 2 aromatic rings. The molecule has 9 nitrogen and oxygen atoms in total. The molecule has 0 aliphatic heterocycles. The Morgan fingerprint density at radius 2 is 1.16 bits per heavy atom. The van der Waals surface area contributed by atoms with Crippen LogP contribution in [0, 0.1) is 0 Å². The highest BCUT2D eigenvalue weighted by molar-refractivity contribution is 6.76. The summed E-state index contributed by atoms with van der Waals surface area (Å²) in [6.07, 6.45) is -8.15. The highest BCUT2D eigenvalue weighted by atomic mass is 28.4. The minimum absolute atomic E-state index is 0.0292. The first-order valence-electron chi connectivity index (χ1n) is 19.4. The third-order valence-electron chi connectivity index (χ3n) is 10.3. The first kappa shape index (κ1) is 58.3. The molecular formula is C40H45F17N2O7Si. The molecule has 2 amide bonds. The van der Waals surface area contributed by atoms with Gasteiger partial charge in [0.2, 0.25) is 0 Å². The molecular weight excluding hydrogens is 971 g/mol. The van der Waals surface area contributed by atoms with E-state index in [1.54, 1.807) is 18.2 Å². The zero-order chi connectivity index (χ0) is 51.8. The normalized spacial score (nSPS) is 14.7. The minimum atomic E-state index is -8.71. The van der Waals surface area contributed by atoms with E-state index < -0.39 is 111 Å². The number of halogens is 17. The second kappa shape index (κ2) is 21.7. The number of anilines is 1. The Bertz CT molecular complexity index is 2010. The van der Waals surface area contributed by atoms with Crippen molar-refractivity contribution in [3.05, 3.63) is 77.9 Å². The van der Waals surface area contributed by atoms with Crippen LogP contribution in [0.3, 0.4) is 0 Å². The fraction of sp³-hybridized carbons (Fsp3) is 0.550. The standard InChI is InChI=1S/C40H45F17N2O7Si/c1-23(2)67(24(3)4,21-18-33(41,42)34(43,44)35(45,46)36(47,48)37(49,50)38(51,52)39(53,54)40(55,56)57)65-20-19-64-29-14-10-26(11-15-29)30(9-7-8-25(5)22-31(60)59-62)66-32(61)58-27-12-16-28(63-6)17-13-27/h7-8,10-17,22-24,30,62H,9,18-21H2,1-6H3,(H,58,61)(H,59,60)/b8-7+,25-22+/t30-/m0/s1. The third-order valence-corrected chi connectivity index (χ3v) is 16.0. The van der Waals surface area contributed by atoms with Crippen molar-refractivity contribution in [3.8, 4) is 11.5 Å². The van der Waals surface area contributed by atoms with E-state index in [4.69, 9.17) is 23.8 Å². The number of carbonyl (C=O) groups is 2. The molecule has 2 rings (SSSR count). The van der Waals surface area contributed by atoms with Crippen LogP contribution in [0.1, 0.15) is 59.1 Å². The zero-order valence-corrected chi connectivity index (χ0v) is 36.9. The van der Waals surface area contributed by atoms with Gasteiger partial charge in [0.1, 0.15) is 24.2 Å². The molecule has 27 heteroatoms. The Morgan fingerprint density at radius 1 is 0.687 bits per heavy atom. The molecule has 0 spiro atoms. The number of benzene rings is 2. The number of alkyl halides is 17. The quantitative estimate of drug-likeness (QED) is 0.0182. The molecule has 0 aliphatic carbocycles. The highest BCUT2D eigenvalue weighted by Gasteiger charge is 2.95. The maximum absolute atomic E-state index is 15.0. The number of carbonyl (C=O) groups excluding carboxylic acids is 2. The van der Waals surface area contributed by atoms with Crippen LogP contribution in [0.5, 0.6) is 11.5 Å². The van der Waals surface area contributed by atoms with E-state index in [0.29, 0.717) is 22.6 Å². The zero-order valence-electron chi connectivity index (χ0n) is 35.9. The Balaban J connectivity index is 2.29. The van der Waals surface area contributed by atoms with Gasteiger partial charge in [-0.2, -0.15) is 74.6 Å². The van der Waals surface area contributed by atoms with Crippen molar-refractivity contribution in [3.63, 3.8) is 0 Å². The van der Waals surface area contributed by atoms with Gasteiger partial charge in [0.05, 0.1) is 13.7 Å². The van der Waals surface area contributed by atoms with E-state index in [9.17, 15) is 75.4 Å². The number of ether oxygens (including phenoxy) is 3. The summed E-state index contributed by atoms with van der Waals surface area (Å²) in [4.78, 5) is 24.3. The van der Waals surface area contributed by atoms with Crippen molar-refractivity contribution >= 4 is 26.0 Å². The Labute approximate surface area is 372 Å². The van der Waals surface area contributed by atoms with Crippen LogP contribution in [-0.4, -0.2) is 93.5 Å². The first-order valence-corrected chi connectivity index (χ1v) is 21.7. The summed E-state index contributed by atoms with van der Waals surface area (Å²) in [6.45, 7) is 5.79. The number of allylic oxidation sites excluding steroid dienone is 2. The van der Waals surface area contributed by atoms with Crippen LogP contribution in [0.4, 0.5) is 85.1 Å². The van der Waals surface area contributed by atoms with Gasteiger partial charge >= 0.3 is 53.7 Å². The minimum Gasteiger partial charge on any atom is -0.497 e. The molecule has 3 N–H and O–H groups in total. The molecule has 0 aliphatic rings. The molecule has 0 saturated carbocycles. The molecule has 0 aromatic heterocycles. The summed E-state index contributed by atoms with van der Waals surface area (Å²) in [5.74, 6) is -57.1. The lowest BCUT2D eigenvalue weighted by molar-refractivity contribution is -0.461. The average Bonchev–Trinajstić information content (AvgIpc) is 3.22. The van der Waals surface area contributed by atoms with Gasteiger partial charge in [-0.05, 0) is 71.6 Å². The number of methoxy groups -OCH3 is 1. The van der Waals surface area contributed by atoms with Gasteiger partial charge in [-0.3, -0.25) is 15.3 Å². The van der Waals surface area contributed by atoms with Crippen LogP contribution in [-0.2, 0) is 14.0 Å². The molecule has 0 saturated heterocycles. The predicted octanol–water partition coefficient (Wildman–Crippen LogP) is 12.9. The van der Waals surface area contributed by atoms with Crippen LogP contribution in [0.15, 0.2) is 72.3 Å². The number of rotatable bonds is 24. The smallest absolute Gasteiger partial charge is 0.460 e. The summed E-state index contributed by atoms with van der Waals surface area (Å²) < 4.78 is 258. The van der Waals surface area contributed by atoms with Crippen molar-refractivity contribution in [1.29, 1.82) is 0 Å². The lowest BCUT2D eigenvalue weighted by atomic mass is 9.88. The topological polar surface area (TPSA) is 115 Å². The molecule has 1 atom stereocenters. The van der Waals surface area contributed by atoms with E-state index in [1.807, 2.05) is 0 Å². The van der Waals surface area contributed by atoms with Crippen LogP contribution >= 0.6 is 0 Å². The summed E-state index contributed by atoms with van der Waals surface area (Å²) in [5.41, 5.74) is 0.759. The lowest BCUT2D eigenvalue weighted by Crippen LogP contribution is -2.74. The first-order chi connectivity index (χ1) is 30.4. The molecule has 0 unspecified atom stereocenters. The van der Waals surface area contributed by atoms with Crippen molar-refractivity contribution < 1.29 is 108 Å². The van der Waals surface area contributed by atoms with Gasteiger partial charge in [0.15, 0.2) is 8.32 Å². The molecule has 0 bridgehead atoms. The fourth-order valence-electron chi connectivity index (χ4n) is 6.39. The van der Waals surface area contributed by atoms with Crippen molar-refractivity contribution in [2.75, 3.05) is 25.6 Å². The van der Waals surface area contributed by atoms with E-state index in [1.165, 1.54) is 89.7 Å². The third kappa shape index (κ3) is 12.5. The van der Waals surface area contributed by atoms with Gasteiger partial charge < -0.3 is 18.6 Å². The van der Waals surface area contributed by atoms with E-state index >= 15 is 8.78 Å².